The molecular formula is C20H21N3O4S. The maximum atomic E-state index is 12.7. The van der Waals surface area contributed by atoms with E-state index in [1.54, 1.807) is 37.3 Å². The van der Waals surface area contributed by atoms with Crippen molar-refractivity contribution in [3.8, 4) is 6.07 Å². The topological polar surface area (TPSA) is 110 Å². The number of benzene rings is 2. The molecule has 1 heterocycles. The summed E-state index contributed by atoms with van der Waals surface area (Å²) in [6.45, 7) is 3.73. The molecule has 7 nitrogen and oxygen atoms in total. The minimum absolute atomic E-state index is 0.0187. The molecule has 0 saturated carbocycles. The lowest BCUT2D eigenvalue weighted by Crippen LogP contribution is -2.63. The number of rotatable bonds is 5. The highest BCUT2D eigenvalue weighted by molar-refractivity contribution is 7.92. The molecule has 146 valence electrons. The molecule has 0 atom stereocenters. The van der Waals surface area contributed by atoms with Gasteiger partial charge in [-0.15, -0.1) is 0 Å². The summed E-state index contributed by atoms with van der Waals surface area (Å²) in [6.07, 6.45) is -0.0509. The number of amides is 1. The Kier molecular flexibility index (Phi) is 5.15. The van der Waals surface area contributed by atoms with Crippen molar-refractivity contribution in [1.82, 2.24) is 4.90 Å². The second-order valence-electron chi connectivity index (χ2n) is 7.17. The highest BCUT2D eigenvalue weighted by Crippen LogP contribution is 2.28. The van der Waals surface area contributed by atoms with Crippen molar-refractivity contribution in [1.29, 1.82) is 5.26 Å². The van der Waals surface area contributed by atoms with E-state index in [0.717, 1.165) is 5.56 Å². The first-order valence-electron chi connectivity index (χ1n) is 8.72. The van der Waals surface area contributed by atoms with Crippen LogP contribution in [-0.4, -0.2) is 43.0 Å². The molecule has 0 aromatic heterocycles. The van der Waals surface area contributed by atoms with Gasteiger partial charge in [0.2, 0.25) is 0 Å². The number of carbonyl (C=O) groups is 1. The highest BCUT2D eigenvalue weighted by Gasteiger charge is 2.44. The van der Waals surface area contributed by atoms with Gasteiger partial charge < -0.3 is 10.0 Å². The molecule has 0 unspecified atom stereocenters. The van der Waals surface area contributed by atoms with Gasteiger partial charge in [0, 0.05) is 11.3 Å². The summed E-state index contributed by atoms with van der Waals surface area (Å²) >= 11 is 0. The SMILES string of the molecule is Cc1ccc(NS(=O)(=O)c2ccc(C)c(C(=O)N3CC(O)(CC#N)C3)c2)cc1. The smallest absolute Gasteiger partial charge is 0.261 e. The summed E-state index contributed by atoms with van der Waals surface area (Å²) in [5.41, 5.74) is 1.15. The quantitative estimate of drug-likeness (QED) is 0.801. The van der Waals surface area contributed by atoms with Crippen molar-refractivity contribution in [2.75, 3.05) is 17.8 Å². The minimum atomic E-state index is -3.86. The van der Waals surface area contributed by atoms with E-state index in [1.807, 2.05) is 13.0 Å². The number of sulfonamides is 1. The largest absolute Gasteiger partial charge is 0.385 e. The van der Waals surface area contributed by atoms with E-state index in [9.17, 15) is 18.3 Å². The van der Waals surface area contributed by atoms with Crippen LogP contribution in [-0.2, 0) is 10.0 Å². The fourth-order valence-corrected chi connectivity index (χ4v) is 4.16. The molecule has 1 aliphatic rings. The maximum Gasteiger partial charge on any atom is 0.261 e. The Bertz CT molecular complexity index is 1050. The number of nitriles is 1. The Morgan fingerprint density at radius 2 is 1.86 bits per heavy atom. The molecule has 2 aromatic carbocycles. The van der Waals surface area contributed by atoms with E-state index >= 15 is 0 Å². The molecule has 1 fully saturated rings. The predicted molar refractivity (Wildman–Crippen MR) is 104 cm³/mol. The van der Waals surface area contributed by atoms with E-state index in [-0.39, 0.29) is 35.9 Å². The van der Waals surface area contributed by atoms with E-state index in [4.69, 9.17) is 5.26 Å². The maximum absolute atomic E-state index is 12.7. The van der Waals surface area contributed by atoms with E-state index < -0.39 is 15.6 Å². The first-order valence-corrected chi connectivity index (χ1v) is 10.2. The molecule has 8 heteroatoms. The first kappa shape index (κ1) is 19.9. The van der Waals surface area contributed by atoms with Crippen molar-refractivity contribution in [3.05, 3.63) is 59.2 Å². The van der Waals surface area contributed by atoms with Gasteiger partial charge in [-0.25, -0.2) is 8.42 Å². The highest BCUT2D eigenvalue weighted by atomic mass is 32.2. The van der Waals surface area contributed by atoms with Crippen LogP contribution in [0.2, 0.25) is 0 Å². The van der Waals surface area contributed by atoms with Gasteiger partial charge in [0.05, 0.1) is 30.5 Å². The number of aliphatic hydroxyl groups is 1. The van der Waals surface area contributed by atoms with Gasteiger partial charge in [-0.1, -0.05) is 23.8 Å². The number of carbonyl (C=O) groups excluding carboxylic acids is 1. The molecule has 1 amide bonds. The molecule has 0 spiro atoms. The molecule has 1 saturated heterocycles. The third-order valence-electron chi connectivity index (χ3n) is 4.72. The number of hydrogen-bond acceptors (Lipinski definition) is 5. The zero-order valence-electron chi connectivity index (χ0n) is 15.6. The van der Waals surface area contributed by atoms with Gasteiger partial charge in [-0.2, -0.15) is 5.26 Å². The van der Waals surface area contributed by atoms with Crippen LogP contribution in [0.25, 0.3) is 0 Å². The summed E-state index contributed by atoms with van der Waals surface area (Å²) in [7, 11) is -3.86. The second kappa shape index (κ2) is 7.26. The number of aryl methyl sites for hydroxylation is 2. The second-order valence-corrected chi connectivity index (χ2v) is 8.85. The van der Waals surface area contributed by atoms with Gasteiger partial charge >= 0.3 is 0 Å². The zero-order valence-corrected chi connectivity index (χ0v) is 16.5. The fourth-order valence-electron chi connectivity index (χ4n) is 3.07. The summed E-state index contributed by atoms with van der Waals surface area (Å²) in [4.78, 5) is 14.1. The van der Waals surface area contributed by atoms with E-state index in [2.05, 4.69) is 4.72 Å². The van der Waals surface area contributed by atoms with Crippen LogP contribution in [0.3, 0.4) is 0 Å². The molecule has 2 N–H and O–H groups in total. The Balaban J connectivity index is 1.82. The van der Waals surface area contributed by atoms with Crippen LogP contribution in [0.4, 0.5) is 5.69 Å². The van der Waals surface area contributed by atoms with Gasteiger partial charge in [-0.3, -0.25) is 9.52 Å². The molecule has 0 aliphatic carbocycles. The first-order chi connectivity index (χ1) is 13.1. The monoisotopic (exact) mass is 399 g/mol. The summed E-state index contributed by atoms with van der Waals surface area (Å²) in [5, 5.41) is 18.8. The lowest BCUT2D eigenvalue weighted by molar-refractivity contribution is -0.0770. The normalized spacial score (nSPS) is 15.4. The summed E-state index contributed by atoms with van der Waals surface area (Å²) in [6, 6.07) is 13.2. The van der Waals surface area contributed by atoms with Crippen LogP contribution in [0.15, 0.2) is 47.4 Å². The number of likely N-dealkylation sites (tertiary alicyclic amines) is 1. The molecule has 1 aliphatic heterocycles. The molecule has 2 aromatic rings. The third-order valence-corrected chi connectivity index (χ3v) is 6.10. The minimum Gasteiger partial charge on any atom is -0.385 e. The van der Waals surface area contributed by atoms with Crippen molar-refractivity contribution in [2.45, 2.75) is 30.8 Å². The number of nitrogens with zero attached hydrogens (tertiary/aromatic N) is 2. The Morgan fingerprint density at radius 3 is 2.46 bits per heavy atom. The fraction of sp³-hybridized carbons (Fsp3) is 0.300. The van der Waals surface area contributed by atoms with Crippen LogP contribution >= 0.6 is 0 Å². The van der Waals surface area contributed by atoms with Crippen molar-refractivity contribution in [2.24, 2.45) is 0 Å². The Hall–Kier alpha value is -2.89. The Labute approximate surface area is 164 Å². The Morgan fingerprint density at radius 1 is 1.21 bits per heavy atom. The standard InChI is InChI=1S/C20H21N3O4S/c1-14-3-6-16(7-4-14)22-28(26,27)17-8-5-15(2)18(11-17)19(24)23-12-20(25,13-23)9-10-21/h3-8,11,22,25H,9,12-13H2,1-2H3. The lowest BCUT2D eigenvalue weighted by atomic mass is 9.90. The van der Waals surface area contributed by atoms with Crippen molar-refractivity contribution >= 4 is 21.6 Å². The number of β-amino-alcohol motifs (C(OH)–C–C–N with tert-alkyl or cyclic N) is 1. The number of nitrogens with one attached hydrogen (secondary N) is 1. The van der Waals surface area contributed by atoms with Crippen molar-refractivity contribution < 1.29 is 18.3 Å². The van der Waals surface area contributed by atoms with Crippen LogP contribution < -0.4 is 4.72 Å². The molecular weight excluding hydrogens is 378 g/mol. The van der Waals surface area contributed by atoms with Gasteiger partial charge in [-0.05, 0) is 43.7 Å². The average Bonchev–Trinajstić information content (AvgIpc) is 2.61. The van der Waals surface area contributed by atoms with Gasteiger partial charge in [0.1, 0.15) is 5.60 Å². The van der Waals surface area contributed by atoms with Crippen LogP contribution in [0.5, 0.6) is 0 Å². The van der Waals surface area contributed by atoms with E-state index in [1.165, 1.54) is 17.0 Å². The average molecular weight is 399 g/mol. The molecule has 0 bridgehead atoms. The molecule has 0 radical (unpaired) electrons. The van der Waals surface area contributed by atoms with Crippen LogP contribution in [0.1, 0.15) is 27.9 Å². The van der Waals surface area contributed by atoms with Gasteiger partial charge in [0.15, 0.2) is 0 Å². The van der Waals surface area contributed by atoms with Gasteiger partial charge in [0.25, 0.3) is 15.9 Å². The molecule has 3 rings (SSSR count). The van der Waals surface area contributed by atoms with Crippen molar-refractivity contribution in [3.63, 3.8) is 0 Å². The zero-order chi connectivity index (χ0) is 20.5. The number of hydrogen-bond donors (Lipinski definition) is 2. The molecule has 28 heavy (non-hydrogen) atoms. The van der Waals surface area contributed by atoms with E-state index in [0.29, 0.717) is 11.3 Å². The lowest BCUT2D eigenvalue weighted by Gasteiger charge is -2.45. The predicted octanol–water partition coefficient (Wildman–Crippen LogP) is 2.20. The third kappa shape index (κ3) is 4.01. The number of anilines is 1. The van der Waals surface area contributed by atoms with Crippen LogP contribution in [0, 0.1) is 25.2 Å². The summed E-state index contributed by atoms with van der Waals surface area (Å²) < 4.78 is 27.9. The summed E-state index contributed by atoms with van der Waals surface area (Å²) in [5.74, 6) is -0.368.